The summed E-state index contributed by atoms with van der Waals surface area (Å²) in [4.78, 5) is 14.5. The molecule has 2 rings (SSSR count). The van der Waals surface area contributed by atoms with E-state index in [2.05, 4.69) is 35.5 Å². The van der Waals surface area contributed by atoms with Gasteiger partial charge in [-0.1, -0.05) is 0 Å². The Kier molecular flexibility index (Phi) is 4.96. The van der Waals surface area contributed by atoms with Gasteiger partial charge in [-0.05, 0) is 43.7 Å². The third-order valence-corrected chi connectivity index (χ3v) is 4.95. The number of nitrogens with zero attached hydrogens (tertiary/aromatic N) is 1. The molecule has 1 atom stereocenters. The Morgan fingerprint density at radius 1 is 1.58 bits per heavy atom. The minimum Gasteiger partial charge on any atom is -0.369 e. The quantitative estimate of drug-likeness (QED) is 0.863. The van der Waals surface area contributed by atoms with Crippen LogP contribution in [0, 0.1) is 6.92 Å². The van der Waals surface area contributed by atoms with Crippen molar-refractivity contribution in [1.29, 1.82) is 0 Å². The second-order valence-electron chi connectivity index (χ2n) is 5.37. The zero-order valence-electron chi connectivity index (χ0n) is 11.7. The molecule has 5 heteroatoms. The van der Waals surface area contributed by atoms with Crippen LogP contribution in [-0.4, -0.2) is 36.5 Å². The van der Waals surface area contributed by atoms with E-state index >= 15 is 0 Å². The zero-order valence-corrected chi connectivity index (χ0v) is 12.5. The number of carbonyl (C=O) groups is 1. The number of hydrogen-bond acceptors (Lipinski definition) is 4. The number of piperidine rings is 1. The Morgan fingerprint density at radius 2 is 2.26 bits per heavy atom. The van der Waals surface area contributed by atoms with Crippen molar-refractivity contribution in [2.75, 3.05) is 19.6 Å². The first-order valence-electron chi connectivity index (χ1n) is 6.87. The summed E-state index contributed by atoms with van der Waals surface area (Å²) < 4.78 is 0. The molecule has 1 aromatic rings. The number of carbonyl (C=O) groups excluding carboxylic acids is 1. The molecule has 1 saturated heterocycles. The third-order valence-electron chi connectivity index (χ3n) is 3.75. The Hall–Kier alpha value is -0.910. The van der Waals surface area contributed by atoms with E-state index in [1.54, 1.807) is 0 Å². The lowest BCUT2D eigenvalue weighted by Crippen LogP contribution is -2.45. The summed E-state index contributed by atoms with van der Waals surface area (Å²) in [6, 6.07) is 3.13. The number of thiophene rings is 1. The van der Waals surface area contributed by atoms with Crippen LogP contribution in [0.15, 0.2) is 11.4 Å². The molecule has 1 aromatic heterocycles. The lowest BCUT2D eigenvalue weighted by Gasteiger charge is -2.33. The maximum atomic E-state index is 10.9. The van der Waals surface area contributed by atoms with Crippen LogP contribution in [0.25, 0.3) is 0 Å². The topological polar surface area (TPSA) is 58.4 Å². The van der Waals surface area contributed by atoms with Gasteiger partial charge in [-0.2, -0.15) is 0 Å². The highest BCUT2D eigenvalue weighted by molar-refractivity contribution is 7.10. The molecule has 0 bridgehead atoms. The van der Waals surface area contributed by atoms with Gasteiger partial charge in [0.05, 0.1) is 6.54 Å². The Balaban J connectivity index is 1.79. The van der Waals surface area contributed by atoms with Crippen molar-refractivity contribution >= 4 is 17.2 Å². The summed E-state index contributed by atoms with van der Waals surface area (Å²) in [5, 5.41) is 5.85. The fraction of sp³-hybridized carbons (Fsp3) is 0.643. The largest absolute Gasteiger partial charge is 0.369 e. The molecule has 106 valence electrons. The molecule has 3 N–H and O–H groups in total. The van der Waals surface area contributed by atoms with Crippen molar-refractivity contribution in [3.05, 3.63) is 21.9 Å². The van der Waals surface area contributed by atoms with Gasteiger partial charge in [0.25, 0.3) is 0 Å². The minimum atomic E-state index is -0.228. The number of likely N-dealkylation sites (tertiary alicyclic amines) is 1. The van der Waals surface area contributed by atoms with Gasteiger partial charge in [0.1, 0.15) is 0 Å². The van der Waals surface area contributed by atoms with Crippen LogP contribution < -0.4 is 11.1 Å². The van der Waals surface area contributed by atoms with Gasteiger partial charge in [-0.25, -0.2) is 0 Å². The highest BCUT2D eigenvalue weighted by Gasteiger charge is 2.22. The number of aryl methyl sites for hydroxylation is 1. The fourth-order valence-electron chi connectivity index (χ4n) is 2.74. The molecule has 19 heavy (non-hydrogen) atoms. The number of rotatable bonds is 5. The van der Waals surface area contributed by atoms with Crippen LogP contribution in [0.3, 0.4) is 0 Å². The first-order chi connectivity index (χ1) is 9.06. The van der Waals surface area contributed by atoms with Crippen LogP contribution >= 0.6 is 11.3 Å². The molecule has 0 saturated carbocycles. The number of nitrogens with two attached hydrogens (primary N) is 1. The average molecular weight is 281 g/mol. The van der Waals surface area contributed by atoms with Gasteiger partial charge in [0.2, 0.25) is 5.91 Å². The lowest BCUT2D eigenvalue weighted by atomic mass is 10.0. The van der Waals surface area contributed by atoms with E-state index < -0.39 is 0 Å². The van der Waals surface area contributed by atoms with Crippen molar-refractivity contribution in [3.63, 3.8) is 0 Å². The van der Waals surface area contributed by atoms with Gasteiger partial charge in [0, 0.05) is 30.1 Å². The van der Waals surface area contributed by atoms with Crippen LogP contribution in [0.5, 0.6) is 0 Å². The number of nitrogens with one attached hydrogen (secondary N) is 1. The molecule has 0 aliphatic carbocycles. The first kappa shape index (κ1) is 14.5. The molecule has 1 aliphatic rings. The maximum absolute atomic E-state index is 10.9. The molecule has 0 radical (unpaired) electrons. The van der Waals surface area contributed by atoms with Crippen molar-refractivity contribution < 1.29 is 4.79 Å². The molecular weight excluding hydrogens is 258 g/mol. The van der Waals surface area contributed by atoms with E-state index in [9.17, 15) is 4.79 Å². The van der Waals surface area contributed by atoms with Gasteiger partial charge in [0.15, 0.2) is 0 Å². The van der Waals surface area contributed by atoms with E-state index in [1.165, 1.54) is 10.4 Å². The van der Waals surface area contributed by atoms with Crippen LogP contribution in [0.2, 0.25) is 0 Å². The molecule has 1 aliphatic heterocycles. The summed E-state index contributed by atoms with van der Waals surface area (Å²) in [5.74, 6) is -0.228. The SMILES string of the molecule is Cc1ccsc1C(C)NC1CCN(CC(N)=O)CC1. The normalized spacial score (nSPS) is 19.5. The van der Waals surface area contributed by atoms with Crippen molar-refractivity contribution in [3.8, 4) is 0 Å². The van der Waals surface area contributed by atoms with Gasteiger partial charge >= 0.3 is 0 Å². The van der Waals surface area contributed by atoms with Crippen molar-refractivity contribution in [2.45, 2.75) is 38.8 Å². The smallest absolute Gasteiger partial charge is 0.231 e. The summed E-state index contributed by atoms with van der Waals surface area (Å²) in [6.45, 7) is 6.70. The van der Waals surface area contributed by atoms with E-state index in [1.807, 2.05) is 11.3 Å². The number of hydrogen-bond donors (Lipinski definition) is 2. The Labute approximate surface area is 119 Å². The summed E-state index contributed by atoms with van der Waals surface area (Å²) in [7, 11) is 0. The van der Waals surface area contributed by atoms with Gasteiger partial charge in [-0.15, -0.1) is 11.3 Å². The van der Waals surface area contributed by atoms with Crippen LogP contribution in [-0.2, 0) is 4.79 Å². The first-order valence-corrected chi connectivity index (χ1v) is 7.75. The molecular formula is C14H23N3OS. The van der Waals surface area contributed by atoms with E-state index in [4.69, 9.17) is 5.73 Å². The molecule has 4 nitrogen and oxygen atoms in total. The number of primary amides is 1. The van der Waals surface area contributed by atoms with Crippen LogP contribution in [0.4, 0.5) is 0 Å². The highest BCUT2D eigenvalue weighted by Crippen LogP contribution is 2.25. The fourth-order valence-corrected chi connectivity index (χ4v) is 3.68. The lowest BCUT2D eigenvalue weighted by molar-refractivity contribution is -0.119. The molecule has 0 spiro atoms. The van der Waals surface area contributed by atoms with Gasteiger partial charge in [-0.3, -0.25) is 9.69 Å². The van der Waals surface area contributed by atoms with Gasteiger partial charge < -0.3 is 11.1 Å². The second-order valence-corrected chi connectivity index (χ2v) is 6.32. The standard InChI is InChI=1S/C14H23N3OS/c1-10-5-8-19-14(10)11(2)16-12-3-6-17(7-4-12)9-13(15)18/h5,8,11-12,16H,3-4,6-7,9H2,1-2H3,(H2,15,18). The Morgan fingerprint density at radius 3 is 2.79 bits per heavy atom. The predicted octanol–water partition coefficient (Wildman–Crippen LogP) is 1.66. The van der Waals surface area contributed by atoms with E-state index in [-0.39, 0.29) is 5.91 Å². The van der Waals surface area contributed by atoms with Crippen LogP contribution in [0.1, 0.15) is 36.2 Å². The molecule has 1 fully saturated rings. The highest BCUT2D eigenvalue weighted by atomic mass is 32.1. The number of amides is 1. The maximum Gasteiger partial charge on any atom is 0.231 e. The molecule has 2 heterocycles. The predicted molar refractivity (Wildman–Crippen MR) is 79.3 cm³/mol. The van der Waals surface area contributed by atoms with E-state index in [0.29, 0.717) is 18.6 Å². The summed E-state index contributed by atoms with van der Waals surface area (Å²) in [5.41, 5.74) is 6.60. The summed E-state index contributed by atoms with van der Waals surface area (Å²) >= 11 is 1.82. The molecule has 1 unspecified atom stereocenters. The van der Waals surface area contributed by atoms with Crippen molar-refractivity contribution in [1.82, 2.24) is 10.2 Å². The summed E-state index contributed by atoms with van der Waals surface area (Å²) in [6.07, 6.45) is 2.17. The zero-order chi connectivity index (χ0) is 13.8. The molecule has 0 aromatic carbocycles. The average Bonchev–Trinajstić information content (AvgIpc) is 2.77. The third kappa shape index (κ3) is 4.03. The van der Waals surface area contributed by atoms with E-state index in [0.717, 1.165) is 25.9 Å². The van der Waals surface area contributed by atoms with Crippen molar-refractivity contribution in [2.24, 2.45) is 5.73 Å². The minimum absolute atomic E-state index is 0.228. The second kappa shape index (κ2) is 6.50. The monoisotopic (exact) mass is 281 g/mol. The Bertz CT molecular complexity index is 424. The molecule has 1 amide bonds.